The van der Waals surface area contributed by atoms with Gasteiger partial charge >= 0.3 is 0 Å². The Hall–Kier alpha value is -2.75. The molecule has 1 aliphatic rings. The summed E-state index contributed by atoms with van der Waals surface area (Å²) in [4.78, 5) is 23.9. The SMILES string of the molecule is O=C(c1cccc2ncccc12)N1CCC[C@@H](Cc2ccccn2)C1. The molecule has 0 N–H and O–H groups in total. The van der Waals surface area contributed by atoms with Crippen molar-refractivity contribution in [2.75, 3.05) is 13.1 Å². The molecule has 1 aromatic carbocycles. The van der Waals surface area contributed by atoms with Crippen LogP contribution in [0.2, 0.25) is 0 Å². The molecule has 0 radical (unpaired) electrons. The summed E-state index contributed by atoms with van der Waals surface area (Å²) in [7, 11) is 0. The maximum atomic E-state index is 13.1. The number of carbonyl (C=O) groups is 1. The fourth-order valence-corrected chi connectivity index (χ4v) is 3.69. The third kappa shape index (κ3) is 3.38. The Kier molecular flexibility index (Phi) is 4.42. The molecule has 25 heavy (non-hydrogen) atoms. The number of likely N-dealkylation sites (tertiary alicyclic amines) is 1. The van der Waals surface area contributed by atoms with E-state index in [9.17, 15) is 4.79 Å². The molecule has 1 saturated heterocycles. The summed E-state index contributed by atoms with van der Waals surface area (Å²) in [6.07, 6.45) is 6.73. The molecule has 1 atom stereocenters. The lowest BCUT2D eigenvalue weighted by Gasteiger charge is -2.33. The number of fused-ring (bicyclic) bond motifs is 1. The van der Waals surface area contributed by atoms with Crippen LogP contribution >= 0.6 is 0 Å². The van der Waals surface area contributed by atoms with Crippen LogP contribution in [-0.4, -0.2) is 33.9 Å². The fourth-order valence-electron chi connectivity index (χ4n) is 3.69. The van der Waals surface area contributed by atoms with Gasteiger partial charge in [0.25, 0.3) is 5.91 Å². The minimum atomic E-state index is 0.115. The summed E-state index contributed by atoms with van der Waals surface area (Å²) < 4.78 is 0. The van der Waals surface area contributed by atoms with Gasteiger partial charge in [0.15, 0.2) is 0 Å². The van der Waals surface area contributed by atoms with Crippen molar-refractivity contribution in [1.82, 2.24) is 14.9 Å². The van der Waals surface area contributed by atoms with Gasteiger partial charge in [-0.05, 0) is 55.5 Å². The molecule has 2 aromatic heterocycles. The number of pyridine rings is 2. The van der Waals surface area contributed by atoms with E-state index in [2.05, 4.69) is 16.0 Å². The van der Waals surface area contributed by atoms with Crippen molar-refractivity contribution >= 4 is 16.8 Å². The third-order valence-electron chi connectivity index (χ3n) is 4.91. The summed E-state index contributed by atoms with van der Waals surface area (Å²) in [5.74, 6) is 0.588. The molecule has 1 aliphatic heterocycles. The van der Waals surface area contributed by atoms with Gasteiger partial charge in [-0.1, -0.05) is 18.2 Å². The Bertz CT molecular complexity index is 873. The number of nitrogens with zero attached hydrogens (tertiary/aromatic N) is 3. The summed E-state index contributed by atoms with van der Waals surface area (Å²) >= 11 is 0. The molecule has 1 amide bonds. The molecular weight excluding hydrogens is 310 g/mol. The zero-order chi connectivity index (χ0) is 17.1. The number of carbonyl (C=O) groups excluding carboxylic acids is 1. The molecule has 0 bridgehead atoms. The summed E-state index contributed by atoms with van der Waals surface area (Å²) in [6, 6.07) is 15.7. The van der Waals surface area contributed by atoms with Gasteiger partial charge in [-0.3, -0.25) is 14.8 Å². The second-order valence-electron chi connectivity index (χ2n) is 6.66. The molecule has 4 rings (SSSR count). The Morgan fingerprint density at radius 1 is 1.04 bits per heavy atom. The van der Waals surface area contributed by atoms with Gasteiger partial charge in [0.05, 0.1) is 5.52 Å². The first kappa shape index (κ1) is 15.8. The van der Waals surface area contributed by atoms with Gasteiger partial charge in [-0.15, -0.1) is 0 Å². The van der Waals surface area contributed by atoms with Gasteiger partial charge in [-0.25, -0.2) is 0 Å². The van der Waals surface area contributed by atoms with E-state index in [0.29, 0.717) is 5.92 Å². The van der Waals surface area contributed by atoms with E-state index in [4.69, 9.17) is 0 Å². The van der Waals surface area contributed by atoms with Crippen LogP contribution in [0.1, 0.15) is 28.9 Å². The Balaban J connectivity index is 1.53. The van der Waals surface area contributed by atoms with Crippen LogP contribution in [0.5, 0.6) is 0 Å². The average Bonchev–Trinajstić information content (AvgIpc) is 2.68. The number of hydrogen-bond acceptors (Lipinski definition) is 3. The van der Waals surface area contributed by atoms with E-state index in [0.717, 1.165) is 54.5 Å². The molecule has 0 saturated carbocycles. The largest absolute Gasteiger partial charge is 0.338 e. The molecule has 3 aromatic rings. The minimum absolute atomic E-state index is 0.115. The maximum absolute atomic E-state index is 13.1. The van der Waals surface area contributed by atoms with Gasteiger partial charge in [-0.2, -0.15) is 0 Å². The van der Waals surface area contributed by atoms with E-state index < -0.39 is 0 Å². The molecule has 0 unspecified atom stereocenters. The quantitative estimate of drug-likeness (QED) is 0.735. The van der Waals surface area contributed by atoms with Crippen molar-refractivity contribution in [3.8, 4) is 0 Å². The smallest absolute Gasteiger partial charge is 0.254 e. The van der Waals surface area contributed by atoms with Crippen molar-refractivity contribution in [1.29, 1.82) is 0 Å². The van der Waals surface area contributed by atoms with E-state index >= 15 is 0 Å². The normalized spacial score (nSPS) is 17.6. The molecule has 0 spiro atoms. The van der Waals surface area contributed by atoms with E-state index in [1.807, 2.05) is 53.6 Å². The van der Waals surface area contributed by atoms with Crippen molar-refractivity contribution in [3.63, 3.8) is 0 Å². The monoisotopic (exact) mass is 331 g/mol. The molecular formula is C21H21N3O. The number of amides is 1. The van der Waals surface area contributed by atoms with Gasteiger partial charge in [0, 0.05) is 42.1 Å². The van der Waals surface area contributed by atoms with Crippen LogP contribution in [-0.2, 0) is 6.42 Å². The van der Waals surface area contributed by atoms with Crippen LogP contribution in [0.25, 0.3) is 10.9 Å². The number of benzene rings is 1. The highest BCUT2D eigenvalue weighted by molar-refractivity contribution is 6.06. The molecule has 3 heterocycles. The Morgan fingerprint density at radius 3 is 2.84 bits per heavy atom. The number of piperidine rings is 1. The van der Waals surface area contributed by atoms with E-state index in [1.165, 1.54) is 0 Å². The summed E-state index contributed by atoms with van der Waals surface area (Å²) in [5, 5.41) is 0.932. The van der Waals surface area contributed by atoms with Gasteiger partial charge in [0.1, 0.15) is 0 Å². The number of aromatic nitrogens is 2. The molecule has 4 heteroatoms. The summed E-state index contributed by atoms with van der Waals surface area (Å²) in [5.41, 5.74) is 2.73. The topological polar surface area (TPSA) is 46.1 Å². The van der Waals surface area contributed by atoms with Gasteiger partial charge in [0.2, 0.25) is 0 Å². The van der Waals surface area contributed by atoms with Crippen LogP contribution < -0.4 is 0 Å². The summed E-state index contributed by atoms with van der Waals surface area (Å²) in [6.45, 7) is 1.63. The van der Waals surface area contributed by atoms with Crippen molar-refractivity contribution in [2.45, 2.75) is 19.3 Å². The lowest BCUT2D eigenvalue weighted by molar-refractivity contribution is 0.0675. The Morgan fingerprint density at radius 2 is 1.96 bits per heavy atom. The van der Waals surface area contributed by atoms with E-state index in [1.54, 1.807) is 6.20 Å². The standard InChI is InChI=1S/C21H21N3O/c25-21(19-8-3-10-20-18(19)9-4-12-23-20)24-13-5-6-16(15-24)14-17-7-1-2-11-22-17/h1-4,7-12,16H,5-6,13-15H2/t16-/m0/s1. The highest BCUT2D eigenvalue weighted by Crippen LogP contribution is 2.24. The molecule has 0 aliphatic carbocycles. The lowest BCUT2D eigenvalue weighted by Crippen LogP contribution is -2.40. The molecule has 4 nitrogen and oxygen atoms in total. The van der Waals surface area contributed by atoms with Crippen LogP contribution in [0.3, 0.4) is 0 Å². The second kappa shape index (κ2) is 7.01. The highest BCUT2D eigenvalue weighted by atomic mass is 16.2. The number of rotatable bonds is 3. The average molecular weight is 331 g/mol. The molecule has 126 valence electrons. The zero-order valence-electron chi connectivity index (χ0n) is 14.1. The first-order valence-corrected chi connectivity index (χ1v) is 8.84. The fraction of sp³-hybridized carbons (Fsp3) is 0.286. The third-order valence-corrected chi connectivity index (χ3v) is 4.91. The lowest BCUT2D eigenvalue weighted by atomic mass is 9.92. The predicted molar refractivity (Wildman–Crippen MR) is 98.3 cm³/mol. The highest BCUT2D eigenvalue weighted by Gasteiger charge is 2.25. The van der Waals surface area contributed by atoms with E-state index in [-0.39, 0.29) is 5.91 Å². The van der Waals surface area contributed by atoms with Gasteiger partial charge < -0.3 is 4.90 Å². The second-order valence-corrected chi connectivity index (χ2v) is 6.66. The first-order valence-electron chi connectivity index (χ1n) is 8.84. The maximum Gasteiger partial charge on any atom is 0.254 e. The van der Waals surface area contributed by atoms with Crippen LogP contribution in [0.15, 0.2) is 60.9 Å². The van der Waals surface area contributed by atoms with Crippen LogP contribution in [0, 0.1) is 5.92 Å². The Labute approximate surface area is 147 Å². The van der Waals surface area contributed by atoms with Crippen molar-refractivity contribution in [3.05, 3.63) is 72.2 Å². The van der Waals surface area contributed by atoms with Crippen molar-refractivity contribution in [2.24, 2.45) is 5.92 Å². The number of hydrogen-bond donors (Lipinski definition) is 0. The van der Waals surface area contributed by atoms with Crippen molar-refractivity contribution < 1.29 is 4.79 Å². The van der Waals surface area contributed by atoms with Crippen LogP contribution in [0.4, 0.5) is 0 Å². The molecule has 1 fully saturated rings. The zero-order valence-corrected chi connectivity index (χ0v) is 14.1. The predicted octanol–water partition coefficient (Wildman–Crippen LogP) is 3.72. The first-order chi connectivity index (χ1) is 12.3. The minimum Gasteiger partial charge on any atom is -0.338 e.